The van der Waals surface area contributed by atoms with Crippen molar-refractivity contribution in [1.82, 2.24) is 10.3 Å². The smallest absolute Gasteiger partial charge is 0.253 e. The molecule has 0 saturated heterocycles. The van der Waals surface area contributed by atoms with E-state index in [1.807, 2.05) is 60.7 Å². The number of H-pyrrole nitrogens is 1. The molecule has 0 saturated carbocycles. The summed E-state index contributed by atoms with van der Waals surface area (Å²) < 4.78 is 1.03. The first kappa shape index (κ1) is 23.3. The lowest BCUT2D eigenvalue weighted by atomic mass is 9.73. The molecule has 0 unspecified atom stereocenters. The highest BCUT2D eigenvalue weighted by atomic mass is 79.9. The first-order chi connectivity index (χ1) is 17.0. The number of aromatic amines is 1. The van der Waals surface area contributed by atoms with E-state index >= 15 is 0 Å². The quantitative estimate of drug-likeness (QED) is 0.287. The van der Waals surface area contributed by atoms with Crippen LogP contribution in [0.5, 0.6) is 0 Å². The Bertz CT molecular complexity index is 1340. The number of halogens is 1. The van der Waals surface area contributed by atoms with Crippen LogP contribution in [-0.2, 0) is 6.42 Å². The molecule has 0 fully saturated rings. The van der Waals surface area contributed by atoms with Gasteiger partial charge in [0.15, 0.2) is 5.78 Å². The van der Waals surface area contributed by atoms with E-state index in [1.54, 1.807) is 0 Å². The summed E-state index contributed by atoms with van der Waals surface area (Å²) in [6, 6.07) is 28.0. The maximum absolute atomic E-state index is 13.7. The predicted octanol–water partition coefficient (Wildman–Crippen LogP) is 6.89. The minimum absolute atomic E-state index is 0.0195. The Morgan fingerprint density at radius 1 is 0.943 bits per heavy atom. The van der Waals surface area contributed by atoms with Crippen LogP contribution in [0, 0.1) is 0 Å². The fourth-order valence-corrected chi connectivity index (χ4v) is 5.36. The molecule has 0 bridgehead atoms. The number of rotatable bonds is 6. The Balaban J connectivity index is 1.51. The van der Waals surface area contributed by atoms with Crippen LogP contribution in [0.3, 0.4) is 0 Å². The number of carbonyl (C=O) groups excluding carboxylic acids is 2. The molecule has 4 nitrogen and oxygen atoms in total. The van der Waals surface area contributed by atoms with E-state index < -0.39 is 0 Å². The first-order valence-electron chi connectivity index (χ1n) is 11.9. The number of Topliss-reactive ketones (excluding diaryl/α,β-unsaturated/α-hetero) is 1. The molecule has 0 aliphatic heterocycles. The number of carbonyl (C=O) groups is 2. The first-order valence-corrected chi connectivity index (χ1v) is 12.7. The molecular formula is C30H27BrN2O2. The summed E-state index contributed by atoms with van der Waals surface area (Å²) in [6.45, 7) is 2.64. The van der Waals surface area contributed by atoms with Gasteiger partial charge in [0, 0.05) is 17.4 Å². The fraction of sp³-hybridized carbons (Fsp3) is 0.200. The summed E-state index contributed by atoms with van der Waals surface area (Å²) in [5.41, 5.74) is 5.88. The lowest BCUT2D eigenvalue weighted by Gasteiger charge is -2.29. The Morgan fingerprint density at radius 2 is 1.60 bits per heavy atom. The number of hydrogen-bond acceptors (Lipinski definition) is 2. The number of amides is 1. The van der Waals surface area contributed by atoms with E-state index in [9.17, 15) is 9.59 Å². The maximum Gasteiger partial charge on any atom is 0.253 e. The molecule has 176 valence electrons. The van der Waals surface area contributed by atoms with E-state index in [0.29, 0.717) is 29.9 Å². The van der Waals surface area contributed by atoms with Crippen LogP contribution in [0.4, 0.5) is 0 Å². The predicted molar refractivity (Wildman–Crippen MR) is 143 cm³/mol. The van der Waals surface area contributed by atoms with E-state index in [-0.39, 0.29) is 23.5 Å². The van der Waals surface area contributed by atoms with E-state index in [1.165, 1.54) is 0 Å². The van der Waals surface area contributed by atoms with Crippen LogP contribution in [0.25, 0.3) is 11.3 Å². The number of nitrogens with one attached hydrogen (secondary N) is 2. The molecule has 1 aliphatic rings. The van der Waals surface area contributed by atoms with E-state index in [2.05, 4.69) is 57.4 Å². The minimum Gasteiger partial charge on any atom is -0.352 e. The van der Waals surface area contributed by atoms with Gasteiger partial charge in [-0.1, -0.05) is 95.7 Å². The van der Waals surface area contributed by atoms with Crippen molar-refractivity contribution < 1.29 is 9.59 Å². The summed E-state index contributed by atoms with van der Waals surface area (Å²) in [4.78, 5) is 30.3. The molecule has 1 heterocycles. The van der Waals surface area contributed by atoms with Crippen molar-refractivity contribution in [1.29, 1.82) is 0 Å². The number of benzene rings is 3. The normalized spacial score (nSPS) is 17.1. The third-order valence-corrected chi connectivity index (χ3v) is 7.44. The highest BCUT2D eigenvalue weighted by Gasteiger charge is 2.38. The summed E-state index contributed by atoms with van der Waals surface area (Å²) in [5, 5.41) is 3.12. The second-order valence-corrected chi connectivity index (χ2v) is 10.0. The average molecular weight is 527 g/mol. The molecule has 35 heavy (non-hydrogen) atoms. The summed E-state index contributed by atoms with van der Waals surface area (Å²) in [5.74, 6) is -0.0409. The Labute approximate surface area is 213 Å². The standard InChI is InChI=1S/C30H27BrN2O2/c1-19-24(21-8-4-2-5-9-21)18-25(34)29-26(19)27(28(33-29)22-10-6-3-7-11-22)30(35)32-17-16-20-12-14-23(31)15-13-20/h2-15,19,24,33H,16-18H2,1H3,(H,32,35)/t19-,24+/m0/s1. The van der Waals surface area contributed by atoms with Crippen LogP contribution in [0.2, 0.25) is 0 Å². The number of fused-ring (bicyclic) bond motifs is 1. The van der Waals surface area contributed by atoms with Crippen molar-refractivity contribution in [2.45, 2.75) is 31.6 Å². The van der Waals surface area contributed by atoms with Gasteiger partial charge in [-0.3, -0.25) is 9.59 Å². The highest BCUT2D eigenvalue weighted by Crippen LogP contribution is 2.45. The average Bonchev–Trinajstić information content (AvgIpc) is 3.30. The second kappa shape index (κ2) is 10.0. The van der Waals surface area contributed by atoms with Crippen LogP contribution in [0.1, 0.15) is 62.7 Å². The Morgan fingerprint density at radius 3 is 2.29 bits per heavy atom. The highest BCUT2D eigenvalue weighted by molar-refractivity contribution is 9.10. The van der Waals surface area contributed by atoms with Crippen molar-refractivity contribution in [3.05, 3.63) is 117 Å². The van der Waals surface area contributed by atoms with Crippen molar-refractivity contribution in [3.63, 3.8) is 0 Å². The second-order valence-electron chi connectivity index (χ2n) is 9.10. The molecule has 5 rings (SSSR count). The van der Waals surface area contributed by atoms with Gasteiger partial charge in [-0.05, 0) is 52.6 Å². The SMILES string of the molecule is C[C@@H]1c2c([nH]c(-c3ccccc3)c2C(=O)NCCc2ccc(Br)cc2)C(=O)C[C@H]1c1ccccc1. The minimum atomic E-state index is -0.146. The van der Waals surface area contributed by atoms with Crippen molar-refractivity contribution in [2.75, 3.05) is 6.54 Å². The monoisotopic (exact) mass is 526 g/mol. The van der Waals surface area contributed by atoms with Crippen LogP contribution in [-0.4, -0.2) is 23.2 Å². The fourth-order valence-electron chi connectivity index (χ4n) is 5.09. The van der Waals surface area contributed by atoms with Gasteiger partial charge in [-0.2, -0.15) is 0 Å². The molecule has 1 aliphatic carbocycles. The topological polar surface area (TPSA) is 62.0 Å². The van der Waals surface area contributed by atoms with Crippen LogP contribution < -0.4 is 5.32 Å². The zero-order chi connectivity index (χ0) is 24.4. The largest absolute Gasteiger partial charge is 0.352 e. The third kappa shape index (κ3) is 4.73. The van der Waals surface area contributed by atoms with Gasteiger partial charge >= 0.3 is 0 Å². The van der Waals surface area contributed by atoms with E-state index in [0.717, 1.165) is 33.1 Å². The molecule has 2 atom stereocenters. The zero-order valence-electron chi connectivity index (χ0n) is 19.6. The van der Waals surface area contributed by atoms with Gasteiger partial charge in [0.1, 0.15) is 0 Å². The molecular weight excluding hydrogens is 500 g/mol. The van der Waals surface area contributed by atoms with Crippen molar-refractivity contribution in [2.24, 2.45) is 0 Å². The molecule has 4 aromatic rings. The number of aromatic nitrogens is 1. The molecule has 2 N–H and O–H groups in total. The molecule has 0 radical (unpaired) electrons. The molecule has 1 amide bonds. The van der Waals surface area contributed by atoms with Gasteiger partial charge in [0.05, 0.1) is 17.0 Å². The van der Waals surface area contributed by atoms with Gasteiger partial charge in [0.2, 0.25) is 0 Å². The lowest BCUT2D eigenvalue weighted by molar-refractivity contribution is 0.0950. The van der Waals surface area contributed by atoms with Gasteiger partial charge in [-0.25, -0.2) is 0 Å². The third-order valence-electron chi connectivity index (χ3n) is 6.91. The maximum atomic E-state index is 13.7. The van der Waals surface area contributed by atoms with Crippen molar-refractivity contribution >= 4 is 27.6 Å². The Hall–Kier alpha value is -3.44. The molecule has 5 heteroatoms. The molecule has 3 aromatic carbocycles. The molecule has 1 aromatic heterocycles. The van der Waals surface area contributed by atoms with Crippen LogP contribution >= 0.6 is 15.9 Å². The Kier molecular flexibility index (Phi) is 6.69. The zero-order valence-corrected chi connectivity index (χ0v) is 21.1. The lowest BCUT2D eigenvalue weighted by Crippen LogP contribution is -2.29. The van der Waals surface area contributed by atoms with Crippen LogP contribution in [0.15, 0.2) is 89.4 Å². The summed E-state index contributed by atoms with van der Waals surface area (Å²) >= 11 is 3.46. The molecule has 0 spiro atoms. The van der Waals surface area contributed by atoms with Gasteiger partial charge < -0.3 is 10.3 Å². The number of ketones is 1. The number of hydrogen-bond donors (Lipinski definition) is 2. The van der Waals surface area contributed by atoms with Gasteiger partial charge in [0.25, 0.3) is 5.91 Å². The van der Waals surface area contributed by atoms with Gasteiger partial charge in [-0.15, -0.1) is 0 Å². The summed E-state index contributed by atoms with van der Waals surface area (Å²) in [7, 11) is 0. The van der Waals surface area contributed by atoms with E-state index in [4.69, 9.17) is 0 Å². The summed E-state index contributed by atoms with van der Waals surface area (Å²) in [6.07, 6.45) is 1.16. The van der Waals surface area contributed by atoms with Crippen molar-refractivity contribution in [3.8, 4) is 11.3 Å².